The van der Waals surface area contributed by atoms with E-state index in [2.05, 4.69) is 43.3 Å². The van der Waals surface area contributed by atoms with Gasteiger partial charge in [-0.2, -0.15) is 0 Å². The van der Waals surface area contributed by atoms with Crippen LogP contribution in [0, 0.1) is 5.92 Å². The van der Waals surface area contributed by atoms with Crippen LogP contribution in [0.1, 0.15) is 53.4 Å². The van der Waals surface area contributed by atoms with Gasteiger partial charge in [0.25, 0.3) is 0 Å². The number of alkyl halides is 1. The molecule has 0 aromatic rings. The van der Waals surface area contributed by atoms with E-state index in [1.807, 2.05) is 6.92 Å². The highest BCUT2D eigenvalue weighted by molar-refractivity contribution is 9.09. The van der Waals surface area contributed by atoms with E-state index in [9.17, 15) is 0 Å². The predicted molar refractivity (Wildman–Crippen MR) is 67.6 cm³/mol. The van der Waals surface area contributed by atoms with E-state index in [0.717, 1.165) is 11.2 Å². The molecule has 0 amide bonds. The van der Waals surface area contributed by atoms with Gasteiger partial charge in [-0.25, -0.2) is 0 Å². The maximum atomic E-state index is 3.63. The Morgan fingerprint density at radius 3 is 2.08 bits per heavy atom. The first-order valence-electron chi connectivity index (χ1n) is 5.28. The van der Waals surface area contributed by atoms with Crippen molar-refractivity contribution in [3.63, 3.8) is 0 Å². The van der Waals surface area contributed by atoms with Gasteiger partial charge in [-0.1, -0.05) is 74.5 Å². The summed E-state index contributed by atoms with van der Waals surface area (Å²) in [6.07, 6.45) is 5.53. The van der Waals surface area contributed by atoms with Gasteiger partial charge in [0, 0.05) is 5.33 Å². The van der Waals surface area contributed by atoms with E-state index in [-0.39, 0.29) is 0 Å². The molecular weight excluding hydrogens is 224 g/mol. The molecule has 1 atom stereocenters. The summed E-state index contributed by atoms with van der Waals surface area (Å²) in [7, 11) is 0. The lowest BCUT2D eigenvalue weighted by molar-refractivity contribution is 0.492. The van der Waals surface area contributed by atoms with Crippen LogP contribution in [0.3, 0.4) is 0 Å². The first-order chi connectivity index (χ1) is 6.08. The molecular formula is C12H25Br. The fraction of sp³-hybridized carbons (Fsp3) is 0.833. The van der Waals surface area contributed by atoms with Crippen molar-refractivity contribution in [2.45, 2.75) is 53.4 Å². The van der Waals surface area contributed by atoms with Crippen molar-refractivity contribution in [2.24, 2.45) is 5.92 Å². The van der Waals surface area contributed by atoms with Gasteiger partial charge in [0.1, 0.15) is 0 Å². The van der Waals surface area contributed by atoms with E-state index in [0.29, 0.717) is 0 Å². The number of unbranched alkanes of at least 4 members (excludes halogenated alkanes) is 1. The summed E-state index contributed by atoms with van der Waals surface area (Å²) in [6.45, 7) is 12.5. The summed E-state index contributed by atoms with van der Waals surface area (Å²) in [4.78, 5) is 0. The van der Waals surface area contributed by atoms with Crippen molar-refractivity contribution >= 4 is 15.9 Å². The maximum Gasteiger partial charge on any atom is 0.0236 e. The Hall–Kier alpha value is 0.220. The topological polar surface area (TPSA) is 0 Å². The summed E-state index contributed by atoms with van der Waals surface area (Å²) in [6, 6.07) is 0. The van der Waals surface area contributed by atoms with Crippen molar-refractivity contribution in [2.75, 3.05) is 5.33 Å². The highest BCUT2D eigenvalue weighted by Crippen LogP contribution is 2.09. The van der Waals surface area contributed by atoms with Crippen molar-refractivity contribution in [3.8, 4) is 0 Å². The van der Waals surface area contributed by atoms with Gasteiger partial charge in [-0.15, -0.1) is 0 Å². The summed E-state index contributed by atoms with van der Waals surface area (Å²) < 4.78 is 0. The van der Waals surface area contributed by atoms with E-state index < -0.39 is 0 Å². The van der Waals surface area contributed by atoms with E-state index in [4.69, 9.17) is 0 Å². The molecule has 13 heavy (non-hydrogen) atoms. The fourth-order valence-corrected chi connectivity index (χ4v) is 0.757. The van der Waals surface area contributed by atoms with Crippen molar-refractivity contribution in [1.82, 2.24) is 0 Å². The molecule has 0 spiro atoms. The molecule has 0 aliphatic rings. The van der Waals surface area contributed by atoms with Gasteiger partial charge in [0.05, 0.1) is 0 Å². The van der Waals surface area contributed by atoms with Gasteiger partial charge >= 0.3 is 0 Å². The molecule has 0 saturated carbocycles. The first kappa shape index (κ1) is 15.7. The number of hydrogen-bond acceptors (Lipinski definition) is 0. The van der Waals surface area contributed by atoms with E-state index >= 15 is 0 Å². The van der Waals surface area contributed by atoms with Crippen LogP contribution in [0.2, 0.25) is 0 Å². The number of hydrogen-bond donors (Lipinski definition) is 0. The zero-order valence-electron chi connectivity index (χ0n) is 9.70. The van der Waals surface area contributed by atoms with Crippen LogP contribution in [-0.2, 0) is 0 Å². The average molecular weight is 249 g/mol. The SMILES string of the molecule is C=C(C)CBr.CCCCC(C)CC. The Morgan fingerprint density at radius 1 is 1.38 bits per heavy atom. The summed E-state index contributed by atoms with van der Waals surface area (Å²) in [5, 5.41) is 0.924. The molecule has 0 saturated heterocycles. The number of rotatable bonds is 5. The van der Waals surface area contributed by atoms with Crippen molar-refractivity contribution in [3.05, 3.63) is 12.2 Å². The first-order valence-corrected chi connectivity index (χ1v) is 6.40. The molecule has 1 unspecified atom stereocenters. The molecule has 0 bridgehead atoms. The molecule has 0 aromatic heterocycles. The average Bonchev–Trinajstić information content (AvgIpc) is 2.15. The van der Waals surface area contributed by atoms with Crippen LogP contribution in [-0.4, -0.2) is 5.33 Å². The van der Waals surface area contributed by atoms with Crippen LogP contribution in [0.15, 0.2) is 12.2 Å². The summed E-state index contributed by atoms with van der Waals surface area (Å²) >= 11 is 3.21. The highest BCUT2D eigenvalue weighted by Gasteiger charge is 1.94. The van der Waals surface area contributed by atoms with Crippen LogP contribution in [0.25, 0.3) is 0 Å². The summed E-state index contributed by atoms with van der Waals surface area (Å²) in [5.41, 5.74) is 1.17. The van der Waals surface area contributed by atoms with Crippen molar-refractivity contribution in [1.29, 1.82) is 0 Å². The predicted octanol–water partition coefficient (Wildman–Crippen LogP) is 5.18. The lowest BCUT2D eigenvalue weighted by Gasteiger charge is -2.04. The van der Waals surface area contributed by atoms with Crippen LogP contribution < -0.4 is 0 Å². The molecule has 0 aliphatic carbocycles. The third-order valence-corrected chi connectivity index (χ3v) is 2.93. The van der Waals surface area contributed by atoms with Crippen molar-refractivity contribution < 1.29 is 0 Å². The second-order valence-electron chi connectivity index (χ2n) is 3.75. The molecule has 0 rings (SSSR count). The minimum absolute atomic E-state index is 0.924. The molecule has 1 heteroatoms. The Bertz CT molecular complexity index is 108. The molecule has 0 heterocycles. The molecule has 0 radical (unpaired) electrons. The minimum atomic E-state index is 0.924. The fourth-order valence-electron chi connectivity index (χ4n) is 0.757. The third kappa shape index (κ3) is 18.9. The Morgan fingerprint density at radius 2 is 1.85 bits per heavy atom. The Labute approximate surface area is 92.9 Å². The smallest absolute Gasteiger partial charge is 0.0236 e. The Balaban J connectivity index is 0. The molecule has 0 nitrogen and oxygen atoms in total. The Kier molecular flexibility index (Phi) is 14.7. The van der Waals surface area contributed by atoms with Gasteiger partial charge in [-0.05, 0) is 12.8 Å². The lowest BCUT2D eigenvalue weighted by Crippen LogP contribution is -1.89. The molecule has 80 valence electrons. The van der Waals surface area contributed by atoms with Gasteiger partial charge in [-0.3, -0.25) is 0 Å². The zero-order valence-corrected chi connectivity index (χ0v) is 11.3. The quantitative estimate of drug-likeness (QED) is 0.465. The second-order valence-corrected chi connectivity index (χ2v) is 4.31. The number of allylic oxidation sites excluding steroid dienone is 1. The normalized spacial score (nSPS) is 11.5. The zero-order chi connectivity index (χ0) is 10.7. The van der Waals surface area contributed by atoms with E-state index in [1.54, 1.807) is 0 Å². The largest absolute Gasteiger partial charge is 0.0993 e. The third-order valence-electron chi connectivity index (χ3n) is 1.98. The molecule has 0 fully saturated rings. The van der Waals surface area contributed by atoms with E-state index in [1.165, 1.54) is 31.3 Å². The molecule has 0 aliphatic heterocycles. The standard InChI is InChI=1S/C8H18.C4H7Br/c1-4-6-7-8(3)5-2;1-4(2)3-5/h8H,4-7H2,1-3H3;1,3H2,2H3. The minimum Gasteiger partial charge on any atom is -0.0993 e. The second kappa shape index (κ2) is 12.2. The summed E-state index contributed by atoms with van der Waals surface area (Å²) in [5.74, 6) is 0.954. The maximum absolute atomic E-state index is 3.63. The lowest BCUT2D eigenvalue weighted by atomic mass is 10.0. The van der Waals surface area contributed by atoms with Crippen LogP contribution in [0.4, 0.5) is 0 Å². The van der Waals surface area contributed by atoms with Crippen LogP contribution >= 0.6 is 15.9 Å². The van der Waals surface area contributed by atoms with Gasteiger partial charge in [0.15, 0.2) is 0 Å². The highest BCUT2D eigenvalue weighted by atomic mass is 79.9. The van der Waals surface area contributed by atoms with Gasteiger partial charge in [0.2, 0.25) is 0 Å². The molecule has 0 N–H and O–H groups in total. The van der Waals surface area contributed by atoms with Crippen LogP contribution in [0.5, 0.6) is 0 Å². The van der Waals surface area contributed by atoms with Gasteiger partial charge < -0.3 is 0 Å². The monoisotopic (exact) mass is 248 g/mol. The number of halogens is 1. The molecule has 0 aromatic carbocycles.